The fourth-order valence-corrected chi connectivity index (χ4v) is 4.13. The Labute approximate surface area is 164 Å². The summed E-state index contributed by atoms with van der Waals surface area (Å²) in [6.45, 7) is 3.93. The number of nitrogens with one attached hydrogen (secondary N) is 1. The minimum absolute atomic E-state index is 0.0197. The number of benzene rings is 1. The molecule has 0 aliphatic heterocycles. The zero-order chi connectivity index (χ0) is 19.7. The van der Waals surface area contributed by atoms with Crippen LogP contribution in [-0.2, 0) is 11.3 Å². The summed E-state index contributed by atoms with van der Waals surface area (Å²) in [4.78, 5) is 30.4. The molecule has 1 fully saturated rings. The summed E-state index contributed by atoms with van der Waals surface area (Å²) in [7, 11) is 0. The minimum atomic E-state index is -0.206. The summed E-state index contributed by atoms with van der Waals surface area (Å²) in [5.41, 5.74) is 4.12. The largest absolute Gasteiger partial charge is 0.331 e. The van der Waals surface area contributed by atoms with Crippen LogP contribution in [-0.4, -0.2) is 20.0 Å². The Morgan fingerprint density at radius 2 is 1.96 bits per heavy atom. The number of imidazole rings is 1. The van der Waals surface area contributed by atoms with Crippen molar-refractivity contribution >= 4 is 22.8 Å². The number of pyridine rings is 1. The molecule has 0 saturated heterocycles. The second-order valence-corrected chi connectivity index (χ2v) is 7.74. The highest BCUT2D eigenvalue weighted by Crippen LogP contribution is 2.29. The molecule has 28 heavy (non-hydrogen) atoms. The van der Waals surface area contributed by atoms with E-state index in [1.807, 2.05) is 44.2 Å². The van der Waals surface area contributed by atoms with Crippen LogP contribution in [0.4, 0.5) is 5.69 Å². The number of hydrogen-bond acceptors (Lipinski definition) is 3. The molecule has 146 valence electrons. The summed E-state index contributed by atoms with van der Waals surface area (Å²) in [6, 6.07) is 9.79. The summed E-state index contributed by atoms with van der Waals surface area (Å²) >= 11 is 0. The van der Waals surface area contributed by atoms with Crippen LogP contribution in [0.2, 0.25) is 0 Å². The monoisotopic (exact) mass is 378 g/mol. The van der Waals surface area contributed by atoms with Gasteiger partial charge in [0.2, 0.25) is 5.91 Å². The lowest BCUT2D eigenvalue weighted by molar-refractivity contribution is -0.116. The van der Waals surface area contributed by atoms with Gasteiger partial charge in [0.15, 0.2) is 5.65 Å². The number of carbonyl (C=O) groups excluding carboxylic acids is 1. The van der Waals surface area contributed by atoms with E-state index < -0.39 is 0 Å². The normalized spacial score (nSPS) is 15.1. The molecular weight excluding hydrogens is 352 g/mol. The molecule has 2 aromatic heterocycles. The molecule has 6 nitrogen and oxygen atoms in total. The number of rotatable bonds is 4. The molecule has 2 heterocycles. The maximum Gasteiger partial charge on any atom is 0.331 e. The molecule has 4 rings (SSSR count). The molecule has 0 atom stereocenters. The molecule has 1 N–H and O–H groups in total. The van der Waals surface area contributed by atoms with Gasteiger partial charge in [-0.25, -0.2) is 9.78 Å². The van der Waals surface area contributed by atoms with Crippen molar-refractivity contribution in [2.75, 3.05) is 5.32 Å². The van der Waals surface area contributed by atoms with Crippen molar-refractivity contribution in [2.24, 2.45) is 0 Å². The number of hydrogen-bond donors (Lipinski definition) is 1. The average molecular weight is 378 g/mol. The van der Waals surface area contributed by atoms with E-state index in [0.29, 0.717) is 11.2 Å². The van der Waals surface area contributed by atoms with Crippen LogP contribution in [0.1, 0.15) is 49.3 Å². The number of amides is 1. The smallest absolute Gasteiger partial charge is 0.324 e. The number of fused-ring (bicyclic) bond motifs is 1. The molecule has 1 aliphatic carbocycles. The Morgan fingerprint density at radius 3 is 2.75 bits per heavy atom. The maximum atomic E-state index is 13.2. The predicted molar refractivity (Wildman–Crippen MR) is 111 cm³/mol. The predicted octanol–water partition coefficient (Wildman–Crippen LogP) is 3.96. The van der Waals surface area contributed by atoms with Crippen LogP contribution in [0.25, 0.3) is 11.2 Å². The fraction of sp³-hybridized carbons (Fsp3) is 0.409. The van der Waals surface area contributed by atoms with E-state index in [0.717, 1.165) is 42.5 Å². The minimum Gasteiger partial charge on any atom is -0.324 e. The number of carbonyl (C=O) groups is 1. The van der Waals surface area contributed by atoms with Gasteiger partial charge in [0, 0.05) is 17.9 Å². The molecule has 1 aromatic carbocycles. The molecule has 6 heteroatoms. The highest BCUT2D eigenvalue weighted by molar-refractivity contribution is 5.92. The van der Waals surface area contributed by atoms with Crippen molar-refractivity contribution in [2.45, 2.75) is 58.5 Å². The maximum absolute atomic E-state index is 13.2. The van der Waals surface area contributed by atoms with Gasteiger partial charge in [0.25, 0.3) is 0 Å². The van der Waals surface area contributed by atoms with Gasteiger partial charge in [0.05, 0.1) is 5.52 Å². The van der Waals surface area contributed by atoms with Crippen LogP contribution in [0.5, 0.6) is 0 Å². The van der Waals surface area contributed by atoms with Crippen LogP contribution in [0.15, 0.2) is 41.3 Å². The van der Waals surface area contributed by atoms with E-state index in [-0.39, 0.29) is 24.2 Å². The first-order valence-electron chi connectivity index (χ1n) is 9.97. The fourth-order valence-electron chi connectivity index (χ4n) is 4.13. The first-order chi connectivity index (χ1) is 13.5. The van der Waals surface area contributed by atoms with Gasteiger partial charge in [-0.2, -0.15) is 0 Å². The SMILES string of the molecule is Cc1ccc(C)c(NC(=O)Cn2c(=O)n(C3CCCCC3)c3ncccc32)c1. The first kappa shape index (κ1) is 18.5. The highest BCUT2D eigenvalue weighted by atomic mass is 16.2. The van der Waals surface area contributed by atoms with Crippen LogP contribution in [0, 0.1) is 13.8 Å². The van der Waals surface area contributed by atoms with E-state index in [9.17, 15) is 9.59 Å². The summed E-state index contributed by atoms with van der Waals surface area (Å²) in [5.74, 6) is -0.206. The van der Waals surface area contributed by atoms with Gasteiger partial charge >= 0.3 is 5.69 Å². The standard InChI is InChI=1S/C22H26N4O2/c1-15-10-11-16(2)18(13-15)24-20(27)14-25-19-9-6-12-23-21(19)26(22(25)28)17-7-4-3-5-8-17/h6,9-13,17H,3-5,7-8,14H2,1-2H3,(H,24,27). The third-order valence-corrected chi connectivity index (χ3v) is 5.63. The van der Waals surface area contributed by atoms with Crippen molar-refractivity contribution in [3.8, 4) is 0 Å². The van der Waals surface area contributed by atoms with Crippen LogP contribution in [0.3, 0.4) is 0 Å². The average Bonchev–Trinajstić information content (AvgIpc) is 2.97. The van der Waals surface area contributed by atoms with E-state index in [4.69, 9.17) is 0 Å². The topological polar surface area (TPSA) is 68.9 Å². The number of nitrogens with zero attached hydrogens (tertiary/aromatic N) is 3. The van der Waals surface area contributed by atoms with Gasteiger partial charge in [-0.15, -0.1) is 0 Å². The molecule has 1 amide bonds. The zero-order valence-electron chi connectivity index (χ0n) is 16.4. The van der Waals surface area contributed by atoms with Gasteiger partial charge in [-0.1, -0.05) is 31.4 Å². The Bertz CT molecular complexity index is 1070. The Balaban J connectivity index is 1.67. The van der Waals surface area contributed by atoms with E-state index in [1.165, 1.54) is 6.42 Å². The number of aromatic nitrogens is 3. The van der Waals surface area contributed by atoms with Crippen LogP contribution < -0.4 is 11.0 Å². The molecule has 0 bridgehead atoms. The van der Waals surface area contributed by atoms with Gasteiger partial charge in [-0.05, 0) is 56.0 Å². The van der Waals surface area contributed by atoms with E-state index in [2.05, 4.69) is 10.3 Å². The van der Waals surface area contributed by atoms with E-state index in [1.54, 1.807) is 15.3 Å². The molecule has 1 aliphatic rings. The summed E-state index contributed by atoms with van der Waals surface area (Å²) < 4.78 is 3.36. The molecule has 0 unspecified atom stereocenters. The lowest BCUT2D eigenvalue weighted by Gasteiger charge is -2.22. The first-order valence-corrected chi connectivity index (χ1v) is 9.97. The summed E-state index contributed by atoms with van der Waals surface area (Å²) in [5, 5.41) is 2.95. The highest BCUT2D eigenvalue weighted by Gasteiger charge is 2.24. The van der Waals surface area contributed by atoms with Crippen LogP contribution >= 0.6 is 0 Å². The van der Waals surface area contributed by atoms with Crippen molar-refractivity contribution < 1.29 is 4.79 Å². The summed E-state index contributed by atoms with van der Waals surface area (Å²) in [6.07, 6.45) is 7.17. The Morgan fingerprint density at radius 1 is 1.18 bits per heavy atom. The van der Waals surface area contributed by atoms with Crippen molar-refractivity contribution in [1.82, 2.24) is 14.1 Å². The van der Waals surface area contributed by atoms with Gasteiger partial charge in [-0.3, -0.25) is 13.9 Å². The lowest BCUT2D eigenvalue weighted by Crippen LogP contribution is -2.32. The Hall–Kier alpha value is -2.89. The molecule has 1 saturated carbocycles. The third kappa shape index (κ3) is 3.46. The quantitative estimate of drug-likeness (QED) is 0.747. The van der Waals surface area contributed by atoms with Gasteiger partial charge < -0.3 is 5.32 Å². The lowest BCUT2D eigenvalue weighted by atomic mass is 9.95. The van der Waals surface area contributed by atoms with Crippen molar-refractivity contribution in [1.29, 1.82) is 0 Å². The molecular formula is C22H26N4O2. The number of anilines is 1. The van der Waals surface area contributed by atoms with Crippen molar-refractivity contribution in [3.05, 3.63) is 58.1 Å². The molecule has 0 radical (unpaired) electrons. The second kappa shape index (κ2) is 7.62. The van der Waals surface area contributed by atoms with E-state index >= 15 is 0 Å². The van der Waals surface area contributed by atoms with Crippen molar-refractivity contribution in [3.63, 3.8) is 0 Å². The zero-order valence-corrected chi connectivity index (χ0v) is 16.4. The Kier molecular flexibility index (Phi) is 5.03. The molecule has 0 spiro atoms. The third-order valence-electron chi connectivity index (χ3n) is 5.63. The number of aryl methyl sites for hydroxylation is 2. The van der Waals surface area contributed by atoms with Gasteiger partial charge in [0.1, 0.15) is 6.54 Å². The molecule has 3 aromatic rings. The second-order valence-electron chi connectivity index (χ2n) is 7.74.